The van der Waals surface area contributed by atoms with Gasteiger partial charge in [-0.05, 0) is 0 Å². The van der Waals surface area contributed by atoms with E-state index >= 15 is 0 Å². The van der Waals surface area contributed by atoms with Gasteiger partial charge in [0.05, 0.1) is 0 Å². The van der Waals surface area contributed by atoms with Gasteiger partial charge in [-0.1, -0.05) is 0 Å². The molecule has 0 aliphatic carbocycles. The van der Waals surface area contributed by atoms with Gasteiger partial charge in [0, 0.05) is 0 Å². The van der Waals surface area contributed by atoms with E-state index in [0.29, 0.717) is 0 Å². The number of hydrogen-bond acceptors (Lipinski definition) is 4. The van der Waals surface area contributed by atoms with Crippen molar-refractivity contribution >= 4 is 0 Å². The minimum Gasteiger partial charge on any atom is 4.00 e. The van der Waals surface area contributed by atoms with E-state index in [4.69, 9.17) is 14.8 Å². The molecule has 0 heterocycles. The van der Waals surface area contributed by atoms with Gasteiger partial charge in [0.15, 0.2) is 0 Å². The standard InChI is InChI=1S/4O.Ti.Zr/q4*-1;;+4. The number of rotatable bonds is 0. The predicted molar refractivity (Wildman–Crippen MR) is 0 cm³/mol. The second-order valence-corrected chi connectivity index (χ2v) is 2.06. The molecule has 0 aliphatic rings. The molecule has 0 spiro atoms. The van der Waals surface area contributed by atoms with E-state index in [1.54, 1.807) is 0 Å². The first kappa shape index (κ1) is 10.4. The van der Waals surface area contributed by atoms with Crippen molar-refractivity contribution in [2.24, 2.45) is 0 Å². The maximum absolute atomic E-state index is 8.62. The van der Waals surface area contributed by atoms with Crippen LogP contribution in [-0.2, 0) is 44.3 Å². The van der Waals surface area contributed by atoms with Crippen LogP contribution in [0.1, 0.15) is 0 Å². The molecule has 6 heteroatoms. The van der Waals surface area contributed by atoms with Crippen LogP contribution >= 0.6 is 0 Å². The largest absolute Gasteiger partial charge is 4.00 e. The quantitative estimate of drug-likeness (QED) is 0.369. The van der Waals surface area contributed by atoms with Crippen LogP contribution in [0.25, 0.3) is 0 Å². The molecule has 0 bridgehead atoms. The minimum absolute atomic E-state index is 0. The molecule has 32 valence electrons. The Hall–Kier alpha value is 1.44. The smallest absolute Gasteiger partial charge is 4.00 e. The Morgan fingerprint density at radius 3 is 0.833 bits per heavy atom. The molecule has 0 fully saturated rings. The zero-order valence-electron chi connectivity index (χ0n) is 2.63. The summed E-state index contributed by atoms with van der Waals surface area (Å²) in [6.07, 6.45) is 0. The van der Waals surface area contributed by atoms with Crippen molar-refractivity contribution in [3.05, 3.63) is 0 Å². The Balaban J connectivity index is 0. The summed E-state index contributed by atoms with van der Waals surface area (Å²) in [7, 11) is 0. The second-order valence-electron chi connectivity index (χ2n) is 0.500. The fourth-order valence-electron chi connectivity index (χ4n) is 0. The Morgan fingerprint density at radius 1 is 0.833 bits per heavy atom. The van der Waals surface area contributed by atoms with Crippen molar-refractivity contribution < 1.29 is 59.1 Å². The fraction of sp³-hybridized carbons (Fsp3) is 0. The van der Waals surface area contributed by atoms with Crippen LogP contribution in [0.3, 0.4) is 0 Å². The first-order valence-electron chi connectivity index (χ1n) is 0.816. The van der Waals surface area contributed by atoms with Gasteiger partial charge in [-0.3, -0.25) is 0 Å². The Morgan fingerprint density at radius 2 is 0.833 bits per heavy atom. The maximum atomic E-state index is 8.62. The summed E-state index contributed by atoms with van der Waals surface area (Å²) >= 11 is -6.00. The molecule has 6 heavy (non-hydrogen) atoms. The Kier molecular flexibility index (Phi) is 5.98. The normalized spacial score (nSPS) is 10.0. The molecule has 0 amide bonds. The summed E-state index contributed by atoms with van der Waals surface area (Å²) < 4.78 is 34.5. The molecule has 0 saturated carbocycles. The second kappa shape index (κ2) is 3.44. The molecule has 0 aromatic carbocycles. The van der Waals surface area contributed by atoms with Crippen LogP contribution in [0.15, 0.2) is 0 Å². The molecular formula is O4TiZr. The van der Waals surface area contributed by atoms with E-state index in [-0.39, 0.29) is 26.2 Å². The van der Waals surface area contributed by atoms with Crippen molar-refractivity contribution in [2.75, 3.05) is 0 Å². The predicted octanol–water partition coefficient (Wildman–Crippen LogP) is -4.76. The third kappa shape index (κ3) is 51.8. The van der Waals surface area contributed by atoms with E-state index in [1.165, 1.54) is 0 Å². The number of hydrogen-bond donors (Lipinski definition) is 0. The summed E-state index contributed by atoms with van der Waals surface area (Å²) in [4.78, 5) is 0. The van der Waals surface area contributed by atoms with Gasteiger partial charge in [-0.15, -0.1) is 0 Å². The summed E-state index contributed by atoms with van der Waals surface area (Å²) in [5, 5.41) is 0. The molecule has 0 radical (unpaired) electrons. The average Bonchev–Trinajstić information content (AvgIpc) is 0.722. The van der Waals surface area contributed by atoms with Crippen LogP contribution in [-0.4, -0.2) is 0 Å². The van der Waals surface area contributed by atoms with Gasteiger partial charge in [-0.25, -0.2) is 0 Å². The van der Waals surface area contributed by atoms with Crippen LogP contribution in [0, 0.1) is 0 Å². The van der Waals surface area contributed by atoms with Crippen molar-refractivity contribution in [3.8, 4) is 0 Å². The van der Waals surface area contributed by atoms with E-state index in [2.05, 4.69) is 0 Å². The topological polar surface area (TPSA) is 92.2 Å². The van der Waals surface area contributed by atoms with Crippen molar-refractivity contribution in [3.63, 3.8) is 0 Å². The van der Waals surface area contributed by atoms with Crippen LogP contribution in [0.5, 0.6) is 0 Å². The van der Waals surface area contributed by atoms with Gasteiger partial charge in [0.2, 0.25) is 0 Å². The molecule has 4 nitrogen and oxygen atoms in total. The third-order valence-electron chi connectivity index (χ3n) is 0. The van der Waals surface area contributed by atoms with Crippen LogP contribution in [0.2, 0.25) is 0 Å². The fourth-order valence-corrected chi connectivity index (χ4v) is 0. The Labute approximate surface area is 58.8 Å². The first-order chi connectivity index (χ1) is 2.00. The van der Waals surface area contributed by atoms with Crippen molar-refractivity contribution in [2.45, 2.75) is 0 Å². The van der Waals surface area contributed by atoms with Gasteiger partial charge < -0.3 is 0 Å². The summed E-state index contributed by atoms with van der Waals surface area (Å²) in [6.45, 7) is 0. The first-order valence-corrected chi connectivity index (χ1v) is 3.37. The van der Waals surface area contributed by atoms with Crippen molar-refractivity contribution in [1.29, 1.82) is 0 Å². The molecule has 0 saturated heterocycles. The molecule has 0 aromatic heterocycles. The molecule has 0 aromatic rings. The molecule has 0 aliphatic heterocycles. The monoisotopic (exact) mass is 202 g/mol. The minimum atomic E-state index is -6.00. The van der Waals surface area contributed by atoms with Crippen LogP contribution in [0.4, 0.5) is 0 Å². The molecule has 0 rings (SSSR count). The summed E-state index contributed by atoms with van der Waals surface area (Å²) in [5.41, 5.74) is 0. The van der Waals surface area contributed by atoms with E-state index in [1.807, 2.05) is 0 Å². The Bertz CT molecular complexity index is 23.0. The van der Waals surface area contributed by atoms with Gasteiger partial charge in [-0.2, -0.15) is 0 Å². The maximum Gasteiger partial charge on any atom is 4.00 e. The average molecular weight is 203 g/mol. The van der Waals surface area contributed by atoms with Gasteiger partial charge in [0.25, 0.3) is 0 Å². The molecule has 0 unspecified atom stereocenters. The summed E-state index contributed by atoms with van der Waals surface area (Å²) in [5.74, 6) is 0. The zero-order chi connectivity index (χ0) is 4.50. The van der Waals surface area contributed by atoms with Crippen molar-refractivity contribution in [1.82, 2.24) is 0 Å². The zero-order valence-corrected chi connectivity index (χ0v) is 6.65. The molecule has 0 atom stereocenters. The van der Waals surface area contributed by atoms with E-state index in [9.17, 15) is 0 Å². The van der Waals surface area contributed by atoms with E-state index < -0.39 is 18.1 Å². The molecule has 0 N–H and O–H groups in total. The third-order valence-corrected chi connectivity index (χ3v) is 0. The molecular weight excluding hydrogens is 203 g/mol. The van der Waals surface area contributed by atoms with Gasteiger partial charge >= 0.3 is 59.1 Å². The SMILES string of the molecule is [O-][Ti]([O-])([O-])[O-].[Zr+4]. The summed E-state index contributed by atoms with van der Waals surface area (Å²) in [6, 6.07) is 0. The van der Waals surface area contributed by atoms with Gasteiger partial charge in [0.1, 0.15) is 0 Å². The van der Waals surface area contributed by atoms with Crippen LogP contribution < -0.4 is 14.8 Å². The van der Waals surface area contributed by atoms with E-state index in [0.717, 1.165) is 0 Å².